The fourth-order valence-electron chi connectivity index (χ4n) is 1.56. The molecule has 0 aromatic rings. The highest BCUT2D eigenvalue weighted by atomic mass is 79.9. The molecule has 0 saturated heterocycles. The van der Waals surface area contributed by atoms with Gasteiger partial charge < -0.3 is 0 Å². The Balaban J connectivity index is 4.85. The SMILES string of the molecule is CCC(CC)=C(Br)/C=C/C(Br)=C(CC)CC. The molecule has 0 bridgehead atoms. The van der Waals surface area contributed by atoms with E-state index in [0.29, 0.717) is 0 Å². The summed E-state index contributed by atoms with van der Waals surface area (Å²) in [4.78, 5) is 0. The first-order chi connectivity index (χ1) is 7.60. The zero-order valence-corrected chi connectivity index (χ0v) is 13.9. The fourth-order valence-corrected chi connectivity index (χ4v) is 2.94. The van der Waals surface area contributed by atoms with Crippen LogP contribution in [0.5, 0.6) is 0 Å². The van der Waals surface area contributed by atoms with E-state index in [2.05, 4.69) is 71.7 Å². The lowest BCUT2D eigenvalue weighted by atomic mass is 10.1. The third-order valence-corrected chi connectivity index (χ3v) is 4.41. The van der Waals surface area contributed by atoms with Crippen molar-refractivity contribution in [3.63, 3.8) is 0 Å². The first kappa shape index (κ1) is 16.2. The van der Waals surface area contributed by atoms with E-state index < -0.39 is 0 Å². The van der Waals surface area contributed by atoms with Crippen molar-refractivity contribution in [2.24, 2.45) is 0 Å². The molecule has 16 heavy (non-hydrogen) atoms. The first-order valence-electron chi connectivity index (χ1n) is 6.03. The fraction of sp³-hybridized carbons (Fsp3) is 0.571. The molecule has 0 aliphatic carbocycles. The van der Waals surface area contributed by atoms with Crippen molar-refractivity contribution in [2.45, 2.75) is 53.4 Å². The predicted octanol–water partition coefficient (Wildman–Crippen LogP) is 6.48. The molecule has 0 aromatic carbocycles. The van der Waals surface area contributed by atoms with E-state index in [1.807, 2.05) is 0 Å². The van der Waals surface area contributed by atoms with Gasteiger partial charge in [-0.05, 0) is 37.8 Å². The lowest BCUT2D eigenvalue weighted by molar-refractivity contribution is 0.972. The summed E-state index contributed by atoms with van der Waals surface area (Å²) < 4.78 is 2.45. The number of hydrogen-bond donors (Lipinski definition) is 0. The van der Waals surface area contributed by atoms with Gasteiger partial charge in [0.2, 0.25) is 0 Å². The topological polar surface area (TPSA) is 0 Å². The Hall–Kier alpha value is 0.180. The summed E-state index contributed by atoms with van der Waals surface area (Å²) in [6, 6.07) is 0. The van der Waals surface area contributed by atoms with Crippen LogP contribution in [0, 0.1) is 0 Å². The van der Waals surface area contributed by atoms with Crippen molar-refractivity contribution < 1.29 is 0 Å². The monoisotopic (exact) mass is 348 g/mol. The minimum Gasteiger partial charge on any atom is -0.0616 e. The molecule has 0 spiro atoms. The molecule has 0 fully saturated rings. The smallest absolute Gasteiger partial charge is 0.0167 e. The summed E-state index contributed by atoms with van der Waals surface area (Å²) in [6.45, 7) is 8.79. The van der Waals surface area contributed by atoms with Crippen molar-refractivity contribution in [3.8, 4) is 0 Å². The lowest BCUT2D eigenvalue weighted by Gasteiger charge is -2.04. The van der Waals surface area contributed by atoms with Gasteiger partial charge in [-0.2, -0.15) is 0 Å². The molecule has 0 rings (SSSR count). The van der Waals surface area contributed by atoms with E-state index in [4.69, 9.17) is 0 Å². The molecule has 2 heteroatoms. The minimum absolute atomic E-state index is 1.11. The second-order valence-electron chi connectivity index (χ2n) is 3.65. The second-order valence-corrected chi connectivity index (χ2v) is 5.36. The standard InChI is InChI=1S/C14H22Br2/c1-5-11(6-2)13(15)9-10-14(16)12(7-3)8-4/h9-10H,5-8H2,1-4H3/b10-9+. The van der Waals surface area contributed by atoms with Crippen molar-refractivity contribution in [1.29, 1.82) is 0 Å². The molecule has 0 aliphatic heterocycles. The summed E-state index contributed by atoms with van der Waals surface area (Å²) in [7, 11) is 0. The van der Waals surface area contributed by atoms with Crippen LogP contribution < -0.4 is 0 Å². The van der Waals surface area contributed by atoms with Crippen LogP contribution in [0.2, 0.25) is 0 Å². The predicted molar refractivity (Wildman–Crippen MR) is 82.2 cm³/mol. The first-order valence-corrected chi connectivity index (χ1v) is 7.62. The maximum absolute atomic E-state index is 3.64. The van der Waals surface area contributed by atoms with Gasteiger partial charge in [0.15, 0.2) is 0 Å². The Labute approximate surface area is 117 Å². The largest absolute Gasteiger partial charge is 0.0616 e. The third-order valence-electron chi connectivity index (χ3n) is 2.76. The molecule has 0 saturated carbocycles. The zero-order chi connectivity index (χ0) is 12.6. The summed E-state index contributed by atoms with van der Waals surface area (Å²) >= 11 is 7.27. The van der Waals surface area contributed by atoms with E-state index >= 15 is 0 Å². The van der Waals surface area contributed by atoms with Crippen molar-refractivity contribution >= 4 is 31.9 Å². The Morgan fingerprint density at radius 3 is 1.12 bits per heavy atom. The number of allylic oxidation sites excluding steroid dienone is 6. The lowest BCUT2D eigenvalue weighted by Crippen LogP contribution is -1.82. The van der Waals surface area contributed by atoms with Crippen LogP contribution in [0.4, 0.5) is 0 Å². The average molecular weight is 350 g/mol. The normalized spacial score (nSPS) is 10.6. The van der Waals surface area contributed by atoms with Gasteiger partial charge in [0.05, 0.1) is 0 Å². The number of hydrogen-bond acceptors (Lipinski definition) is 0. The summed E-state index contributed by atoms with van der Waals surface area (Å²) in [5.74, 6) is 0. The maximum atomic E-state index is 3.64. The van der Waals surface area contributed by atoms with E-state index in [1.54, 1.807) is 0 Å². The molecule has 0 heterocycles. The maximum Gasteiger partial charge on any atom is 0.0167 e. The highest BCUT2D eigenvalue weighted by molar-refractivity contribution is 9.12. The Kier molecular flexibility index (Phi) is 9.34. The number of halogens is 2. The van der Waals surface area contributed by atoms with Crippen LogP contribution in [-0.4, -0.2) is 0 Å². The van der Waals surface area contributed by atoms with Crippen LogP contribution in [0.3, 0.4) is 0 Å². The quantitative estimate of drug-likeness (QED) is 0.481. The van der Waals surface area contributed by atoms with Crippen molar-refractivity contribution in [2.75, 3.05) is 0 Å². The summed E-state index contributed by atoms with van der Waals surface area (Å²) in [6.07, 6.45) is 8.73. The van der Waals surface area contributed by atoms with Crippen LogP contribution >= 0.6 is 31.9 Å². The molecular weight excluding hydrogens is 328 g/mol. The van der Waals surface area contributed by atoms with Gasteiger partial charge in [0.25, 0.3) is 0 Å². The molecule has 0 radical (unpaired) electrons. The molecule has 0 atom stereocenters. The van der Waals surface area contributed by atoms with Crippen LogP contribution in [-0.2, 0) is 0 Å². The van der Waals surface area contributed by atoms with Gasteiger partial charge in [0.1, 0.15) is 0 Å². The van der Waals surface area contributed by atoms with E-state index in [-0.39, 0.29) is 0 Å². The highest BCUT2D eigenvalue weighted by Crippen LogP contribution is 2.24. The molecule has 0 N–H and O–H groups in total. The van der Waals surface area contributed by atoms with E-state index in [1.165, 1.54) is 20.1 Å². The molecular formula is C14H22Br2. The molecule has 0 amide bonds. The van der Waals surface area contributed by atoms with Gasteiger partial charge in [-0.25, -0.2) is 0 Å². The van der Waals surface area contributed by atoms with Gasteiger partial charge in [-0.3, -0.25) is 0 Å². The molecule has 0 aliphatic rings. The van der Waals surface area contributed by atoms with Crippen LogP contribution in [0.1, 0.15) is 53.4 Å². The minimum atomic E-state index is 1.11. The summed E-state index contributed by atoms with van der Waals surface area (Å²) in [5, 5.41) is 0. The zero-order valence-electron chi connectivity index (χ0n) is 10.7. The molecule has 0 unspecified atom stereocenters. The van der Waals surface area contributed by atoms with Crippen LogP contribution in [0.25, 0.3) is 0 Å². The Morgan fingerprint density at radius 2 is 0.938 bits per heavy atom. The summed E-state index contributed by atoms with van der Waals surface area (Å²) in [5.41, 5.74) is 2.93. The molecule has 0 nitrogen and oxygen atoms in total. The molecule has 92 valence electrons. The molecule has 0 aromatic heterocycles. The van der Waals surface area contributed by atoms with Gasteiger partial charge in [-0.15, -0.1) is 0 Å². The van der Waals surface area contributed by atoms with Crippen molar-refractivity contribution in [3.05, 3.63) is 32.3 Å². The Morgan fingerprint density at radius 1 is 0.688 bits per heavy atom. The van der Waals surface area contributed by atoms with E-state index in [9.17, 15) is 0 Å². The van der Waals surface area contributed by atoms with Crippen molar-refractivity contribution in [1.82, 2.24) is 0 Å². The average Bonchev–Trinajstić information content (AvgIpc) is 2.29. The van der Waals surface area contributed by atoms with Gasteiger partial charge in [-0.1, -0.05) is 70.7 Å². The second kappa shape index (κ2) is 9.23. The van der Waals surface area contributed by atoms with E-state index in [0.717, 1.165) is 25.7 Å². The Bertz CT molecular complexity index is 254. The third kappa shape index (κ3) is 5.49. The van der Waals surface area contributed by atoms with Gasteiger partial charge in [0, 0.05) is 8.96 Å². The highest BCUT2D eigenvalue weighted by Gasteiger charge is 1.98. The number of rotatable bonds is 6. The van der Waals surface area contributed by atoms with Crippen LogP contribution in [0.15, 0.2) is 32.3 Å². The van der Waals surface area contributed by atoms with Gasteiger partial charge >= 0.3 is 0 Å².